The van der Waals surface area contributed by atoms with E-state index in [0.717, 1.165) is 6.54 Å². The lowest BCUT2D eigenvalue weighted by molar-refractivity contribution is -0.119. The van der Waals surface area contributed by atoms with Crippen molar-refractivity contribution >= 4 is 35.8 Å². The maximum atomic E-state index is 11.7. The highest BCUT2D eigenvalue weighted by molar-refractivity contribution is 14.0. The van der Waals surface area contributed by atoms with Crippen molar-refractivity contribution in [3.8, 4) is 0 Å². The van der Waals surface area contributed by atoms with Crippen LogP contribution in [0.5, 0.6) is 0 Å². The van der Waals surface area contributed by atoms with Gasteiger partial charge in [-0.1, -0.05) is 0 Å². The summed E-state index contributed by atoms with van der Waals surface area (Å²) in [5.74, 6) is 1.16. The molecule has 126 valence electrons. The van der Waals surface area contributed by atoms with Crippen LogP contribution in [-0.4, -0.2) is 44.7 Å². The second kappa shape index (κ2) is 13.4. The molecule has 0 fully saturated rings. The van der Waals surface area contributed by atoms with Crippen molar-refractivity contribution in [2.75, 3.05) is 32.8 Å². The van der Waals surface area contributed by atoms with Gasteiger partial charge in [-0.25, -0.2) is 4.99 Å². The molecule has 0 bridgehead atoms. The van der Waals surface area contributed by atoms with Crippen molar-refractivity contribution in [1.82, 2.24) is 16.0 Å². The van der Waals surface area contributed by atoms with E-state index in [0.29, 0.717) is 38.0 Å². The van der Waals surface area contributed by atoms with Gasteiger partial charge >= 0.3 is 0 Å². The molecule has 7 nitrogen and oxygen atoms in total. The Hall–Kier alpha value is -1.29. The van der Waals surface area contributed by atoms with Crippen LogP contribution in [-0.2, 0) is 16.1 Å². The summed E-state index contributed by atoms with van der Waals surface area (Å²) in [6.07, 6.45) is 1.57. The Morgan fingerprint density at radius 3 is 2.77 bits per heavy atom. The first-order valence-corrected chi connectivity index (χ1v) is 7.15. The van der Waals surface area contributed by atoms with Crippen molar-refractivity contribution < 1.29 is 13.9 Å². The summed E-state index contributed by atoms with van der Waals surface area (Å²) >= 11 is 0. The van der Waals surface area contributed by atoms with E-state index in [-0.39, 0.29) is 36.4 Å². The van der Waals surface area contributed by atoms with Crippen LogP contribution in [0.4, 0.5) is 0 Å². The molecule has 0 radical (unpaired) electrons. The van der Waals surface area contributed by atoms with Crippen molar-refractivity contribution in [3.05, 3.63) is 24.2 Å². The van der Waals surface area contributed by atoms with Gasteiger partial charge in [0.25, 0.3) is 0 Å². The van der Waals surface area contributed by atoms with Crippen LogP contribution in [0.1, 0.15) is 19.6 Å². The summed E-state index contributed by atoms with van der Waals surface area (Å²) < 4.78 is 10.4. The van der Waals surface area contributed by atoms with Gasteiger partial charge in [0.2, 0.25) is 5.91 Å². The lowest BCUT2D eigenvalue weighted by atomic mass is 10.4. The fourth-order valence-electron chi connectivity index (χ4n) is 1.53. The van der Waals surface area contributed by atoms with Crippen LogP contribution < -0.4 is 16.0 Å². The fraction of sp³-hybridized carbons (Fsp3) is 0.571. The summed E-state index contributed by atoms with van der Waals surface area (Å²) in [5.41, 5.74) is 0. The molecule has 1 amide bonds. The molecular formula is C14H25IN4O3. The lowest BCUT2D eigenvalue weighted by Crippen LogP contribution is -2.40. The number of aliphatic imine (C=N–C) groups is 1. The first-order chi connectivity index (χ1) is 10.3. The molecule has 0 aliphatic heterocycles. The predicted octanol–water partition coefficient (Wildman–Crippen LogP) is 1.11. The number of nitrogens with zero attached hydrogens (tertiary/aromatic N) is 1. The standard InChI is InChI=1S/C14H24N4O3.HI/c1-3-15-14(16-7-9-20-4-2)18-11-13(19)17-10-12-6-5-8-21-12;/h5-6,8H,3-4,7,9-11H2,1-2H3,(H,17,19)(H2,15,16,18);1H. The minimum Gasteiger partial charge on any atom is -0.467 e. The Labute approximate surface area is 148 Å². The van der Waals surface area contributed by atoms with E-state index in [2.05, 4.69) is 20.9 Å². The van der Waals surface area contributed by atoms with Gasteiger partial charge in [-0.2, -0.15) is 0 Å². The van der Waals surface area contributed by atoms with Crippen LogP contribution >= 0.6 is 24.0 Å². The van der Waals surface area contributed by atoms with Crippen LogP contribution in [0.2, 0.25) is 0 Å². The molecule has 0 saturated heterocycles. The van der Waals surface area contributed by atoms with Gasteiger partial charge in [0, 0.05) is 19.7 Å². The van der Waals surface area contributed by atoms with E-state index < -0.39 is 0 Å². The molecule has 0 atom stereocenters. The van der Waals surface area contributed by atoms with E-state index in [4.69, 9.17) is 9.15 Å². The van der Waals surface area contributed by atoms with Gasteiger partial charge in [-0.15, -0.1) is 24.0 Å². The zero-order chi connectivity index (χ0) is 15.3. The van der Waals surface area contributed by atoms with Crippen LogP contribution in [0, 0.1) is 0 Å². The maximum absolute atomic E-state index is 11.7. The third-order valence-electron chi connectivity index (χ3n) is 2.51. The number of hydrogen-bond donors (Lipinski definition) is 3. The summed E-state index contributed by atoms with van der Waals surface area (Å²) in [4.78, 5) is 15.9. The number of hydrogen-bond acceptors (Lipinski definition) is 4. The Morgan fingerprint density at radius 2 is 2.14 bits per heavy atom. The molecule has 0 aliphatic carbocycles. The second-order valence-corrected chi connectivity index (χ2v) is 4.17. The van der Waals surface area contributed by atoms with E-state index in [9.17, 15) is 4.79 Å². The zero-order valence-corrected chi connectivity index (χ0v) is 15.4. The van der Waals surface area contributed by atoms with Gasteiger partial charge < -0.3 is 25.1 Å². The van der Waals surface area contributed by atoms with E-state index >= 15 is 0 Å². The molecule has 1 aromatic heterocycles. The molecule has 8 heteroatoms. The average Bonchev–Trinajstić information content (AvgIpc) is 3.00. The Balaban J connectivity index is 0.00000441. The molecule has 1 rings (SSSR count). The molecule has 1 aromatic rings. The van der Waals surface area contributed by atoms with Gasteiger partial charge in [0.05, 0.1) is 19.4 Å². The fourth-order valence-corrected chi connectivity index (χ4v) is 1.53. The first-order valence-electron chi connectivity index (χ1n) is 7.15. The molecule has 0 saturated carbocycles. The molecule has 0 aromatic carbocycles. The van der Waals surface area contributed by atoms with Crippen LogP contribution in [0.15, 0.2) is 27.8 Å². The SMILES string of the molecule is CCNC(=NCC(=O)NCc1ccco1)NCCOCC.I. The number of amides is 1. The molecule has 0 aliphatic rings. The summed E-state index contributed by atoms with van der Waals surface area (Å²) in [5, 5.41) is 8.90. The molecule has 0 unspecified atom stereocenters. The third kappa shape index (κ3) is 9.61. The lowest BCUT2D eigenvalue weighted by Gasteiger charge is -2.11. The van der Waals surface area contributed by atoms with Gasteiger partial charge in [0.1, 0.15) is 12.3 Å². The highest BCUT2D eigenvalue weighted by atomic mass is 127. The first kappa shape index (κ1) is 20.7. The highest BCUT2D eigenvalue weighted by Gasteiger charge is 2.03. The highest BCUT2D eigenvalue weighted by Crippen LogP contribution is 1.98. The number of nitrogens with one attached hydrogen (secondary N) is 3. The number of guanidine groups is 1. The van der Waals surface area contributed by atoms with E-state index in [1.807, 2.05) is 19.9 Å². The smallest absolute Gasteiger partial charge is 0.242 e. The van der Waals surface area contributed by atoms with Crippen molar-refractivity contribution in [2.24, 2.45) is 4.99 Å². The number of carbonyl (C=O) groups excluding carboxylic acids is 1. The summed E-state index contributed by atoms with van der Waals surface area (Å²) in [7, 11) is 0. The summed E-state index contributed by atoms with van der Waals surface area (Å²) in [6.45, 7) is 7.01. The number of rotatable bonds is 9. The molecule has 0 spiro atoms. The van der Waals surface area contributed by atoms with Gasteiger partial charge in [-0.05, 0) is 26.0 Å². The zero-order valence-electron chi connectivity index (χ0n) is 13.1. The largest absolute Gasteiger partial charge is 0.467 e. The minimum atomic E-state index is -0.159. The number of furan rings is 1. The quantitative estimate of drug-likeness (QED) is 0.239. The van der Waals surface area contributed by atoms with Crippen molar-refractivity contribution in [3.63, 3.8) is 0 Å². The van der Waals surface area contributed by atoms with Crippen LogP contribution in [0.25, 0.3) is 0 Å². The number of halogens is 1. The van der Waals surface area contributed by atoms with E-state index in [1.54, 1.807) is 12.3 Å². The molecule has 22 heavy (non-hydrogen) atoms. The predicted molar refractivity (Wildman–Crippen MR) is 96.4 cm³/mol. The Bertz CT molecular complexity index is 424. The molecular weight excluding hydrogens is 399 g/mol. The topological polar surface area (TPSA) is 87.9 Å². The number of ether oxygens (including phenoxy) is 1. The molecule has 1 heterocycles. The minimum absolute atomic E-state index is 0. The van der Waals surface area contributed by atoms with E-state index in [1.165, 1.54) is 0 Å². The normalized spacial score (nSPS) is 10.7. The second-order valence-electron chi connectivity index (χ2n) is 4.17. The Kier molecular flexibility index (Phi) is 12.6. The maximum Gasteiger partial charge on any atom is 0.242 e. The van der Waals surface area contributed by atoms with Crippen molar-refractivity contribution in [1.29, 1.82) is 0 Å². The van der Waals surface area contributed by atoms with Gasteiger partial charge in [-0.3, -0.25) is 4.79 Å². The Morgan fingerprint density at radius 1 is 1.32 bits per heavy atom. The third-order valence-corrected chi connectivity index (χ3v) is 2.51. The van der Waals surface area contributed by atoms with Gasteiger partial charge in [0.15, 0.2) is 5.96 Å². The van der Waals surface area contributed by atoms with Crippen molar-refractivity contribution in [2.45, 2.75) is 20.4 Å². The van der Waals surface area contributed by atoms with Crippen LogP contribution in [0.3, 0.4) is 0 Å². The molecule has 3 N–H and O–H groups in total. The monoisotopic (exact) mass is 424 g/mol. The number of carbonyl (C=O) groups is 1. The average molecular weight is 424 g/mol. The summed E-state index contributed by atoms with van der Waals surface area (Å²) in [6, 6.07) is 3.59.